The van der Waals surface area contributed by atoms with Crippen molar-refractivity contribution in [1.82, 2.24) is 0 Å². The van der Waals surface area contributed by atoms with Gasteiger partial charge in [0.1, 0.15) is 28.2 Å². The molecule has 2 aliphatic carbocycles. The van der Waals surface area contributed by atoms with Gasteiger partial charge in [-0.3, -0.25) is 0 Å². The van der Waals surface area contributed by atoms with Crippen molar-refractivity contribution in [3.63, 3.8) is 0 Å². The molecule has 4 aromatic heterocycles. The summed E-state index contributed by atoms with van der Waals surface area (Å²) in [5.74, 6) is 2.49. The maximum atomic E-state index is 2.54. The first-order valence-corrected chi connectivity index (χ1v) is 49.7. The topological polar surface area (TPSA) is 15.5 Å². The van der Waals surface area contributed by atoms with E-state index < -0.39 is 32.3 Å². The molecule has 0 bridgehead atoms. The van der Waals surface area contributed by atoms with Crippen LogP contribution in [-0.4, -0.2) is 32.3 Å². The number of benzene rings is 4. The van der Waals surface area contributed by atoms with Gasteiger partial charge in [-0.2, -0.15) is 0 Å². The Morgan fingerprint density at radius 1 is 0.398 bits per heavy atom. The van der Waals surface area contributed by atoms with E-state index in [2.05, 4.69) is 334 Å². The molecule has 93 heavy (non-hydrogen) atoms. The van der Waals surface area contributed by atoms with E-state index in [1.807, 2.05) is 0 Å². The van der Waals surface area contributed by atoms with Crippen LogP contribution in [0.5, 0.6) is 0 Å². The van der Waals surface area contributed by atoms with Crippen LogP contribution in [0.15, 0.2) is 140 Å². The summed E-state index contributed by atoms with van der Waals surface area (Å²) >= 11 is 0. The van der Waals surface area contributed by atoms with Crippen molar-refractivity contribution in [3.8, 4) is 45.0 Å². The van der Waals surface area contributed by atoms with Gasteiger partial charge in [0, 0.05) is 68.5 Å². The summed E-state index contributed by atoms with van der Waals surface area (Å²) in [5.41, 5.74) is 24.0. The summed E-state index contributed by atoms with van der Waals surface area (Å²) in [6, 6.07) is 43.5. The van der Waals surface area contributed by atoms with Crippen LogP contribution in [0.4, 0.5) is 0 Å². The molecule has 0 N–H and O–H groups in total. The smallest absolute Gasteiger partial charge is 0.201 e. The maximum Gasteiger partial charge on any atom is 0.212 e. The molecule has 2 fully saturated rings. The molecule has 4 aromatic carbocycles. The predicted octanol–water partition coefficient (Wildman–Crippen LogP) is 18.4. The highest BCUT2D eigenvalue weighted by Crippen LogP contribution is 2.34. The third kappa shape index (κ3) is 20.0. The summed E-state index contributed by atoms with van der Waals surface area (Å²) in [5, 5.41) is 6.37. The Balaban J connectivity index is 0.000000179. The molecule has 0 radical (unpaired) electrons. The molecule has 4 nitrogen and oxygen atoms in total. The third-order valence-electron chi connectivity index (χ3n) is 20.0. The van der Waals surface area contributed by atoms with Crippen molar-refractivity contribution in [2.24, 2.45) is 45.9 Å². The van der Waals surface area contributed by atoms with Crippen LogP contribution in [-0.2, 0) is 52.9 Å². The number of hydrogen-bond acceptors (Lipinski definition) is 0. The number of hydrogen-bond donors (Lipinski definition) is 0. The number of rotatable bonds is 14. The van der Waals surface area contributed by atoms with Crippen molar-refractivity contribution in [2.75, 3.05) is 0 Å². The first kappa shape index (κ1) is 74.7. The summed E-state index contributed by atoms with van der Waals surface area (Å²) in [4.78, 5) is 0. The SMILES string of the molecule is Cc1cc(C(C)(C)C)ccc1-c1cc(CC2CCCC2)c([Si](C)(C)C)c[n+]1C.Cc1cc(CC(C)C)ccc1-c1cc(CC2CCCC2)c([Si](C)(C)C)c[n+]1C.Cc1ccccc1-c1cc([Si](C)(C)C)c(C)c[n+]1C.Cc1ccccc1-c1cc([Si](C)(C)C)cc[n+]1C. The van der Waals surface area contributed by atoms with Gasteiger partial charge in [0.15, 0.2) is 24.8 Å². The lowest BCUT2D eigenvalue weighted by atomic mass is 9.85. The van der Waals surface area contributed by atoms with Crippen LogP contribution in [0, 0.1) is 52.4 Å². The Kier molecular flexibility index (Phi) is 24.9. The summed E-state index contributed by atoms with van der Waals surface area (Å²) in [6.07, 6.45) is 24.5. The van der Waals surface area contributed by atoms with Crippen LogP contribution >= 0.6 is 0 Å². The van der Waals surface area contributed by atoms with Crippen LogP contribution in [0.25, 0.3) is 45.0 Å². The molecule has 10 rings (SSSR count). The monoisotopic (exact) mass is 1310 g/mol. The molecule has 0 spiro atoms. The lowest BCUT2D eigenvalue weighted by molar-refractivity contribution is -0.660. The fourth-order valence-corrected chi connectivity index (χ4v) is 21.0. The lowest BCUT2D eigenvalue weighted by Gasteiger charge is -2.23. The van der Waals surface area contributed by atoms with E-state index >= 15 is 0 Å². The number of pyridine rings is 4. The molecule has 8 aromatic rings. The van der Waals surface area contributed by atoms with E-state index in [4.69, 9.17) is 0 Å². The minimum absolute atomic E-state index is 0.195. The number of aryl methyl sites for hydroxylation is 9. The molecule has 0 unspecified atom stereocenters. The second kappa shape index (κ2) is 31.0. The van der Waals surface area contributed by atoms with Crippen LogP contribution in [0.1, 0.15) is 136 Å². The van der Waals surface area contributed by atoms with Crippen LogP contribution in [0.3, 0.4) is 0 Å². The average molecular weight is 1320 g/mol. The Morgan fingerprint density at radius 3 is 1.19 bits per heavy atom. The Bertz CT molecular complexity index is 3840. The second-order valence-corrected chi connectivity index (χ2v) is 54.3. The molecule has 2 saturated carbocycles. The van der Waals surface area contributed by atoms with Gasteiger partial charge < -0.3 is 0 Å². The first-order chi connectivity index (χ1) is 43.3. The van der Waals surface area contributed by atoms with Crippen molar-refractivity contribution in [3.05, 3.63) is 190 Å². The van der Waals surface area contributed by atoms with Crippen molar-refractivity contribution in [2.45, 2.75) is 224 Å². The third-order valence-corrected chi connectivity index (χ3v) is 28.4. The van der Waals surface area contributed by atoms with Crippen LogP contribution in [0.2, 0.25) is 78.6 Å². The van der Waals surface area contributed by atoms with Gasteiger partial charge in [-0.15, -0.1) is 0 Å². The van der Waals surface area contributed by atoms with Gasteiger partial charge in [-0.1, -0.05) is 225 Å². The molecule has 0 atom stereocenters. The highest BCUT2D eigenvalue weighted by atomic mass is 28.3. The fraction of sp³-hybridized carbons (Fsp3) is 0.482. The number of nitrogens with zero attached hydrogens (tertiary/aromatic N) is 4. The van der Waals surface area contributed by atoms with Gasteiger partial charge in [0.05, 0.1) is 32.3 Å². The van der Waals surface area contributed by atoms with Crippen molar-refractivity contribution in [1.29, 1.82) is 0 Å². The zero-order chi connectivity index (χ0) is 68.7. The van der Waals surface area contributed by atoms with E-state index in [9.17, 15) is 0 Å². The van der Waals surface area contributed by atoms with Gasteiger partial charge in [-0.25, -0.2) is 18.3 Å². The van der Waals surface area contributed by atoms with Gasteiger partial charge >= 0.3 is 0 Å². The van der Waals surface area contributed by atoms with E-state index in [1.165, 1.54) is 153 Å². The van der Waals surface area contributed by atoms with Crippen molar-refractivity contribution >= 4 is 53.0 Å². The Labute approximate surface area is 572 Å². The highest BCUT2D eigenvalue weighted by molar-refractivity contribution is 6.90. The minimum atomic E-state index is -1.37. The summed E-state index contributed by atoms with van der Waals surface area (Å²) in [7, 11) is 3.44. The maximum absolute atomic E-state index is 2.54. The summed E-state index contributed by atoms with van der Waals surface area (Å²) in [6.45, 7) is 52.0. The fourth-order valence-electron chi connectivity index (χ4n) is 14.6. The van der Waals surface area contributed by atoms with Gasteiger partial charge in [0.25, 0.3) is 0 Å². The Hall–Kier alpha value is -5.65. The molecule has 0 saturated heterocycles. The van der Waals surface area contributed by atoms with E-state index in [0.717, 1.165) is 18.3 Å². The quantitative estimate of drug-likeness (QED) is 0.0762. The predicted molar refractivity (Wildman–Crippen MR) is 416 cm³/mol. The zero-order valence-corrected chi connectivity index (χ0v) is 67.6. The first-order valence-electron chi connectivity index (χ1n) is 35.7. The molecular formula is C85H126N4Si4+4. The molecule has 8 heteroatoms. The second-order valence-electron chi connectivity index (χ2n) is 34.1. The average Bonchev–Trinajstić information content (AvgIpc) is 1.18. The van der Waals surface area contributed by atoms with Gasteiger partial charge in [0.2, 0.25) is 22.8 Å². The molecule has 0 aliphatic heterocycles. The van der Waals surface area contributed by atoms with E-state index in [0.29, 0.717) is 5.92 Å². The van der Waals surface area contributed by atoms with E-state index in [1.54, 1.807) is 26.7 Å². The zero-order valence-electron chi connectivity index (χ0n) is 63.6. The molecule has 4 heterocycles. The van der Waals surface area contributed by atoms with Crippen LogP contribution < -0.4 is 39.0 Å². The standard InChI is InChI=1S/2C26H40NSi.C17H24NSi.C16H22NSi/c1-19-15-22(26(2,3)4)13-14-23(19)24-17-21(16-20-11-9-10-12-20)25(18-27(24)5)28(6,7)8;1-19(2)14-22-12-13-24(20(3)15-22)25-17-23(16-21-10-8-9-11-21)26(18-27(25)4)28(5,6)7;1-13-9-7-8-10-15(13)16-11-17(19(4,5)6)14(2)12-18(16)3;1-13-8-6-7-9-15(13)16-12-14(18(3,4)5)10-11-17(16)2/h13-15,17-18,20H,9-12,16H2,1-8H3;12-13,15,17-19,21H,8-11,14,16H2,1-7H3;7-12H,1-6H3;6-12H,1-5H3/q4*+1. The van der Waals surface area contributed by atoms with Gasteiger partial charge in [-0.05, 0) is 156 Å². The van der Waals surface area contributed by atoms with E-state index in [-0.39, 0.29) is 5.41 Å². The molecule has 2 aliphatic rings. The highest BCUT2D eigenvalue weighted by Gasteiger charge is 2.32. The molecular weight excluding hydrogens is 1190 g/mol. The summed E-state index contributed by atoms with van der Waals surface area (Å²) < 4.78 is 9.23. The Morgan fingerprint density at radius 2 is 0.796 bits per heavy atom. The lowest BCUT2D eigenvalue weighted by Crippen LogP contribution is -2.47. The molecule has 0 amide bonds. The number of aromatic nitrogens is 4. The molecule has 498 valence electrons. The minimum Gasteiger partial charge on any atom is -0.201 e. The normalized spacial score (nSPS) is 14.1. The largest absolute Gasteiger partial charge is 0.212 e. The van der Waals surface area contributed by atoms with Crippen molar-refractivity contribution < 1.29 is 18.3 Å².